The number of furan rings is 1. The Morgan fingerprint density at radius 2 is 2.40 bits per heavy atom. The number of thiophene rings is 1. The Labute approximate surface area is 100 Å². The molecule has 2 nitrogen and oxygen atoms in total. The topological polar surface area (TPSA) is 30.2 Å². The number of aryl methyl sites for hydroxylation is 1. The summed E-state index contributed by atoms with van der Waals surface area (Å²) >= 11 is 4.87. The molecule has 0 fully saturated rings. The van der Waals surface area contributed by atoms with Crippen molar-refractivity contribution in [1.29, 1.82) is 0 Å². The average Bonchev–Trinajstić information content (AvgIpc) is 2.78. The molecule has 78 valence electrons. The number of rotatable bonds is 3. The highest BCUT2D eigenvalue weighted by Gasteiger charge is 2.12. The fourth-order valence-electron chi connectivity index (χ4n) is 1.26. The van der Waals surface area contributed by atoms with E-state index in [1.54, 1.807) is 12.3 Å². The van der Waals surface area contributed by atoms with Gasteiger partial charge >= 0.3 is 0 Å². The maximum atomic E-state index is 11.8. The van der Waals surface area contributed by atoms with Crippen molar-refractivity contribution in [3.63, 3.8) is 0 Å². The normalized spacial score (nSPS) is 10.5. The number of halogens is 1. The van der Waals surface area contributed by atoms with Gasteiger partial charge in [0.15, 0.2) is 5.78 Å². The summed E-state index contributed by atoms with van der Waals surface area (Å²) in [6.45, 7) is 1.98. The Balaban J connectivity index is 2.15. The summed E-state index contributed by atoms with van der Waals surface area (Å²) in [6, 6.07) is 5.51. The van der Waals surface area contributed by atoms with Crippen LogP contribution in [0.25, 0.3) is 0 Å². The minimum Gasteiger partial charge on any atom is -0.469 e. The Morgan fingerprint density at radius 1 is 1.60 bits per heavy atom. The van der Waals surface area contributed by atoms with Crippen molar-refractivity contribution in [1.82, 2.24) is 0 Å². The van der Waals surface area contributed by atoms with Crippen LogP contribution in [0.2, 0.25) is 0 Å². The first kappa shape index (κ1) is 10.6. The molecule has 0 unspecified atom stereocenters. The lowest BCUT2D eigenvalue weighted by Gasteiger charge is -1.93. The smallest absolute Gasteiger partial charge is 0.180 e. The number of hydrogen-bond acceptors (Lipinski definition) is 3. The summed E-state index contributed by atoms with van der Waals surface area (Å²) in [7, 11) is 0. The lowest BCUT2D eigenvalue weighted by molar-refractivity contribution is 0.0991. The highest BCUT2D eigenvalue weighted by molar-refractivity contribution is 9.11. The van der Waals surface area contributed by atoms with Crippen LogP contribution >= 0.6 is 27.3 Å². The van der Waals surface area contributed by atoms with E-state index in [4.69, 9.17) is 4.42 Å². The second-order valence-corrected chi connectivity index (χ2v) is 5.62. The molecule has 0 aromatic carbocycles. The highest BCUT2D eigenvalue weighted by Crippen LogP contribution is 2.28. The Morgan fingerprint density at radius 3 is 2.93 bits per heavy atom. The van der Waals surface area contributed by atoms with E-state index < -0.39 is 0 Å². The zero-order chi connectivity index (χ0) is 10.8. The molecule has 0 aliphatic heterocycles. The van der Waals surface area contributed by atoms with Crippen LogP contribution in [-0.4, -0.2) is 5.78 Å². The van der Waals surface area contributed by atoms with Crippen LogP contribution in [0.3, 0.4) is 0 Å². The van der Waals surface area contributed by atoms with Crippen LogP contribution in [0, 0.1) is 6.92 Å². The summed E-state index contributed by atoms with van der Waals surface area (Å²) in [4.78, 5) is 12.6. The van der Waals surface area contributed by atoms with Gasteiger partial charge in [-0.1, -0.05) is 0 Å². The van der Waals surface area contributed by atoms with Gasteiger partial charge in [0.2, 0.25) is 0 Å². The lowest BCUT2D eigenvalue weighted by atomic mass is 10.2. The number of carbonyl (C=O) groups excluding carboxylic acids is 1. The van der Waals surface area contributed by atoms with E-state index >= 15 is 0 Å². The average molecular weight is 285 g/mol. The Hall–Kier alpha value is -0.870. The van der Waals surface area contributed by atoms with E-state index in [-0.39, 0.29) is 5.78 Å². The summed E-state index contributed by atoms with van der Waals surface area (Å²) in [6.07, 6.45) is 1.91. The first-order valence-corrected chi connectivity index (χ1v) is 6.09. The molecule has 0 amide bonds. The van der Waals surface area contributed by atoms with E-state index in [0.717, 1.165) is 14.2 Å². The van der Waals surface area contributed by atoms with Gasteiger partial charge in [0.1, 0.15) is 5.76 Å². The molecule has 0 aliphatic rings. The molecule has 15 heavy (non-hydrogen) atoms. The SMILES string of the molecule is Cc1cc(C(=O)Cc2ccco2)sc1Br. The third-order valence-corrected chi connectivity index (χ3v) is 4.22. The minimum atomic E-state index is 0.101. The van der Waals surface area contributed by atoms with Crippen LogP contribution < -0.4 is 0 Å². The highest BCUT2D eigenvalue weighted by atomic mass is 79.9. The quantitative estimate of drug-likeness (QED) is 0.802. The first-order chi connectivity index (χ1) is 7.16. The van der Waals surface area contributed by atoms with Gasteiger partial charge in [0.25, 0.3) is 0 Å². The zero-order valence-corrected chi connectivity index (χ0v) is 10.5. The second-order valence-electron chi connectivity index (χ2n) is 3.25. The number of Topliss-reactive ketones (excluding diaryl/α,β-unsaturated/α-hetero) is 1. The largest absolute Gasteiger partial charge is 0.469 e. The fraction of sp³-hybridized carbons (Fsp3) is 0.182. The standard InChI is InChI=1S/C11H9BrO2S/c1-7-5-10(15-11(7)12)9(13)6-8-3-2-4-14-8/h2-5H,6H2,1H3. The van der Waals surface area contributed by atoms with Gasteiger partial charge in [-0.25, -0.2) is 0 Å². The summed E-state index contributed by atoms with van der Waals surface area (Å²) in [5.41, 5.74) is 1.10. The molecule has 0 radical (unpaired) electrons. The maximum Gasteiger partial charge on any atom is 0.180 e. The number of hydrogen-bond donors (Lipinski definition) is 0. The van der Waals surface area contributed by atoms with Crippen molar-refractivity contribution in [3.05, 3.63) is 44.4 Å². The number of carbonyl (C=O) groups is 1. The molecule has 0 aliphatic carbocycles. The molecule has 4 heteroatoms. The van der Waals surface area contributed by atoms with Crippen LogP contribution in [0.1, 0.15) is 21.0 Å². The van der Waals surface area contributed by atoms with Gasteiger partial charge in [0.05, 0.1) is 21.3 Å². The summed E-state index contributed by atoms with van der Waals surface area (Å²) in [5, 5.41) is 0. The lowest BCUT2D eigenvalue weighted by Crippen LogP contribution is -1.99. The monoisotopic (exact) mass is 284 g/mol. The van der Waals surface area contributed by atoms with Crippen LogP contribution in [0.15, 0.2) is 32.7 Å². The third-order valence-electron chi connectivity index (χ3n) is 2.05. The van der Waals surface area contributed by atoms with E-state index in [0.29, 0.717) is 12.2 Å². The molecular formula is C11H9BrO2S. The molecule has 2 aromatic rings. The molecule has 0 saturated carbocycles. The van der Waals surface area contributed by atoms with Crippen molar-refractivity contribution < 1.29 is 9.21 Å². The van der Waals surface area contributed by atoms with E-state index in [2.05, 4.69) is 15.9 Å². The maximum absolute atomic E-state index is 11.8. The molecule has 0 atom stereocenters. The third kappa shape index (κ3) is 2.38. The molecule has 0 spiro atoms. The minimum absolute atomic E-state index is 0.101. The molecule has 0 saturated heterocycles. The van der Waals surface area contributed by atoms with Gasteiger partial charge in [-0.05, 0) is 46.6 Å². The molecule has 2 aromatic heterocycles. The van der Waals surface area contributed by atoms with Gasteiger partial charge in [-0.2, -0.15) is 0 Å². The van der Waals surface area contributed by atoms with Gasteiger partial charge in [-0.3, -0.25) is 4.79 Å². The molecule has 2 rings (SSSR count). The van der Waals surface area contributed by atoms with Crippen LogP contribution in [0.5, 0.6) is 0 Å². The Kier molecular flexibility index (Phi) is 3.07. The van der Waals surface area contributed by atoms with Crippen LogP contribution in [0.4, 0.5) is 0 Å². The zero-order valence-electron chi connectivity index (χ0n) is 8.12. The summed E-state index contributed by atoms with van der Waals surface area (Å²) in [5.74, 6) is 0.811. The van der Waals surface area contributed by atoms with Crippen molar-refractivity contribution in [2.75, 3.05) is 0 Å². The molecule has 2 heterocycles. The first-order valence-electron chi connectivity index (χ1n) is 4.48. The number of ketones is 1. The predicted molar refractivity (Wildman–Crippen MR) is 63.5 cm³/mol. The molecular weight excluding hydrogens is 276 g/mol. The van der Waals surface area contributed by atoms with Gasteiger partial charge in [-0.15, -0.1) is 11.3 Å². The van der Waals surface area contributed by atoms with E-state index in [9.17, 15) is 4.79 Å². The van der Waals surface area contributed by atoms with E-state index in [1.807, 2.05) is 19.1 Å². The van der Waals surface area contributed by atoms with Crippen molar-refractivity contribution in [2.45, 2.75) is 13.3 Å². The van der Waals surface area contributed by atoms with Gasteiger partial charge < -0.3 is 4.42 Å². The Bertz CT molecular complexity index is 451. The predicted octanol–water partition coefficient (Wildman–Crippen LogP) is 3.84. The second kappa shape index (κ2) is 4.33. The van der Waals surface area contributed by atoms with Gasteiger partial charge in [0, 0.05) is 0 Å². The van der Waals surface area contributed by atoms with Crippen molar-refractivity contribution in [3.8, 4) is 0 Å². The molecule has 0 N–H and O–H groups in total. The van der Waals surface area contributed by atoms with Crippen molar-refractivity contribution in [2.24, 2.45) is 0 Å². The van der Waals surface area contributed by atoms with E-state index in [1.165, 1.54) is 11.3 Å². The molecule has 0 bridgehead atoms. The van der Waals surface area contributed by atoms with Crippen LogP contribution in [-0.2, 0) is 6.42 Å². The summed E-state index contributed by atoms with van der Waals surface area (Å²) < 4.78 is 6.15. The fourth-order valence-corrected chi connectivity index (χ4v) is 2.73. The van der Waals surface area contributed by atoms with Crippen molar-refractivity contribution >= 4 is 33.0 Å².